The van der Waals surface area contributed by atoms with E-state index in [1.807, 2.05) is 23.6 Å². The lowest BCUT2D eigenvalue weighted by molar-refractivity contribution is -0.123. The number of ether oxygens (including phenoxy) is 1. The Hall–Kier alpha value is -2.49. The molecule has 3 heterocycles. The molecule has 4 N–H and O–H groups in total. The van der Waals surface area contributed by atoms with Crippen molar-refractivity contribution in [3.8, 4) is 0 Å². The summed E-state index contributed by atoms with van der Waals surface area (Å²) in [5.74, 6) is 0.0851. The number of hydrogen-bond donors (Lipinski definition) is 3. The van der Waals surface area contributed by atoms with Crippen molar-refractivity contribution in [3.63, 3.8) is 0 Å². The molecule has 2 aliphatic rings. The van der Waals surface area contributed by atoms with E-state index in [0.717, 1.165) is 31.8 Å². The summed E-state index contributed by atoms with van der Waals surface area (Å²) in [7, 11) is 0. The van der Waals surface area contributed by atoms with E-state index in [4.69, 9.17) is 20.4 Å². The Morgan fingerprint density at radius 2 is 2.14 bits per heavy atom. The van der Waals surface area contributed by atoms with Crippen LogP contribution in [0.1, 0.15) is 30.2 Å². The maximum atomic E-state index is 12.3. The quantitative estimate of drug-likeness (QED) is 0.633. The fourth-order valence-corrected chi connectivity index (χ4v) is 4.42. The first-order valence-electron chi connectivity index (χ1n) is 9.56. The Morgan fingerprint density at radius 1 is 1.38 bits per heavy atom. The number of carbonyl (C=O) groups excluding carboxylic acids is 1. The highest BCUT2D eigenvalue weighted by Crippen LogP contribution is 2.30. The molecule has 4 rings (SSSR count). The molecule has 2 fully saturated rings. The zero-order chi connectivity index (χ0) is 20.6. The summed E-state index contributed by atoms with van der Waals surface area (Å²) < 4.78 is 6.07. The molecule has 1 amide bonds. The molecule has 0 unspecified atom stereocenters. The van der Waals surface area contributed by atoms with E-state index >= 15 is 0 Å². The van der Waals surface area contributed by atoms with Crippen molar-refractivity contribution in [2.75, 3.05) is 25.4 Å². The number of anilines is 1. The van der Waals surface area contributed by atoms with Crippen LogP contribution in [0.25, 0.3) is 0 Å². The Balaban J connectivity index is 0.000000755. The van der Waals surface area contributed by atoms with Gasteiger partial charge in [0.2, 0.25) is 5.91 Å². The van der Waals surface area contributed by atoms with Crippen LogP contribution in [0.4, 0.5) is 5.13 Å². The number of carbonyl (C=O) groups is 2. The van der Waals surface area contributed by atoms with Crippen LogP contribution in [0.15, 0.2) is 35.7 Å². The van der Waals surface area contributed by atoms with Crippen LogP contribution in [0.3, 0.4) is 0 Å². The number of morpholine rings is 1. The average Bonchev–Trinajstić information content (AvgIpc) is 3.32. The minimum atomic E-state index is -0.250. The van der Waals surface area contributed by atoms with Gasteiger partial charge in [0.15, 0.2) is 5.13 Å². The molecular weight excluding hydrogens is 392 g/mol. The Kier molecular flexibility index (Phi) is 7.56. The highest BCUT2D eigenvalue weighted by atomic mass is 32.1. The summed E-state index contributed by atoms with van der Waals surface area (Å²) in [5.41, 5.74) is 7.74. The standard InChI is InChI=1S/C19H24N4O2S.CH2O2/c20-19-22-14(12-26-19)6-7-18(24)21-15-8-16-11-25-17(10-23(16)9-15)13-4-2-1-3-5-13;2-1-3/h1-5,12,15-17H,6-11H2,(H2,20,22)(H,21,24);1H,(H,2,3)/t15-,16+,17-;/m1./s1. The van der Waals surface area contributed by atoms with Crippen molar-refractivity contribution in [2.45, 2.75) is 37.5 Å². The minimum Gasteiger partial charge on any atom is -0.483 e. The molecule has 0 saturated carbocycles. The third-order valence-corrected chi connectivity index (χ3v) is 5.85. The molecule has 1 aromatic carbocycles. The van der Waals surface area contributed by atoms with E-state index < -0.39 is 0 Å². The third-order valence-electron chi connectivity index (χ3n) is 5.13. The fourth-order valence-electron chi connectivity index (χ4n) is 3.83. The van der Waals surface area contributed by atoms with Crippen molar-refractivity contribution in [1.29, 1.82) is 0 Å². The smallest absolute Gasteiger partial charge is 0.290 e. The molecule has 156 valence electrons. The number of nitrogen functional groups attached to an aromatic ring is 1. The Bertz CT molecular complexity index is 801. The first-order chi connectivity index (χ1) is 14.1. The number of rotatable bonds is 5. The van der Waals surface area contributed by atoms with Crippen molar-refractivity contribution in [1.82, 2.24) is 15.2 Å². The summed E-state index contributed by atoms with van der Waals surface area (Å²) in [6.45, 7) is 2.26. The number of nitrogens with zero attached hydrogens (tertiary/aromatic N) is 2. The maximum absolute atomic E-state index is 12.3. The lowest BCUT2D eigenvalue weighted by Gasteiger charge is -2.35. The number of hydrogen-bond acceptors (Lipinski definition) is 7. The number of nitrogens with one attached hydrogen (secondary N) is 1. The van der Waals surface area contributed by atoms with Gasteiger partial charge in [-0.15, -0.1) is 11.3 Å². The van der Waals surface area contributed by atoms with Gasteiger partial charge in [-0.3, -0.25) is 14.5 Å². The summed E-state index contributed by atoms with van der Waals surface area (Å²) in [4.78, 5) is 27.3. The average molecular weight is 419 g/mol. The summed E-state index contributed by atoms with van der Waals surface area (Å²) in [5, 5.41) is 12.5. The second-order valence-corrected chi connectivity index (χ2v) is 8.01. The molecule has 0 radical (unpaired) electrons. The van der Waals surface area contributed by atoms with E-state index in [1.165, 1.54) is 16.9 Å². The first kappa shape index (κ1) is 21.2. The van der Waals surface area contributed by atoms with E-state index in [2.05, 4.69) is 27.3 Å². The maximum Gasteiger partial charge on any atom is 0.290 e. The molecule has 2 saturated heterocycles. The van der Waals surface area contributed by atoms with Crippen molar-refractivity contribution < 1.29 is 19.4 Å². The number of aryl methyl sites for hydroxylation is 1. The van der Waals surface area contributed by atoms with E-state index in [-0.39, 0.29) is 24.5 Å². The number of nitrogens with two attached hydrogens (primary N) is 1. The zero-order valence-corrected chi connectivity index (χ0v) is 16.9. The van der Waals surface area contributed by atoms with Crippen LogP contribution in [0.5, 0.6) is 0 Å². The van der Waals surface area contributed by atoms with Crippen molar-refractivity contribution in [3.05, 3.63) is 47.0 Å². The molecule has 29 heavy (non-hydrogen) atoms. The Labute approximate surface area is 173 Å². The number of amides is 1. The molecule has 0 aliphatic carbocycles. The van der Waals surface area contributed by atoms with Gasteiger partial charge in [0, 0.05) is 37.0 Å². The summed E-state index contributed by atoms with van der Waals surface area (Å²) in [6.07, 6.45) is 2.17. The third kappa shape index (κ3) is 5.99. The van der Waals surface area contributed by atoms with Gasteiger partial charge in [0.1, 0.15) is 0 Å². The second-order valence-electron chi connectivity index (χ2n) is 7.12. The van der Waals surface area contributed by atoms with Crippen LogP contribution < -0.4 is 11.1 Å². The van der Waals surface area contributed by atoms with Gasteiger partial charge in [-0.05, 0) is 18.4 Å². The molecular formula is C20H26N4O4S. The minimum absolute atomic E-state index is 0.0851. The normalized spacial score (nSPS) is 23.5. The predicted molar refractivity (Wildman–Crippen MR) is 111 cm³/mol. The molecule has 1 aromatic heterocycles. The lowest BCUT2D eigenvalue weighted by atomic mass is 10.1. The number of carboxylic acid groups (broad SMARTS) is 1. The first-order valence-corrected chi connectivity index (χ1v) is 10.4. The number of aromatic nitrogens is 1. The lowest BCUT2D eigenvalue weighted by Crippen LogP contribution is -2.43. The highest BCUT2D eigenvalue weighted by Gasteiger charge is 2.38. The van der Waals surface area contributed by atoms with E-state index in [0.29, 0.717) is 24.0 Å². The number of benzene rings is 1. The molecule has 9 heteroatoms. The van der Waals surface area contributed by atoms with E-state index in [1.54, 1.807) is 0 Å². The van der Waals surface area contributed by atoms with Crippen molar-refractivity contribution in [2.24, 2.45) is 0 Å². The summed E-state index contributed by atoms with van der Waals surface area (Å²) >= 11 is 1.42. The fraction of sp³-hybridized carbons (Fsp3) is 0.450. The van der Waals surface area contributed by atoms with Gasteiger partial charge in [-0.1, -0.05) is 30.3 Å². The number of thiazole rings is 1. The van der Waals surface area contributed by atoms with Gasteiger partial charge in [0.05, 0.1) is 18.4 Å². The topological polar surface area (TPSA) is 118 Å². The molecule has 2 aromatic rings. The molecule has 3 atom stereocenters. The van der Waals surface area contributed by atoms with E-state index in [9.17, 15) is 4.79 Å². The van der Waals surface area contributed by atoms with Crippen LogP contribution >= 0.6 is 11.3 Å². The van der Waals surface area contributed by atoms with Gasteiger partial charge in [0.25, 0.3) is 6.47 Å². The van der Waals surface area contributed by atoms with Gasteiger partial charge >= 0.3 is 0 Å². The van der Waals surface area contributed by atoms with Gasteiger partial charge in [-0.2, -0.15) is 0 Å². The predicted octanol–water partition coefficient (Wildman–Crippen LogP) is 1.69. The monoisotopic (exact) mass is 418 g/mol. The molecule has 2 aliphatic heterocycles. The van der Waals surface area contributed by atoms with Gasteiger partial charge in [-0.25, -0.2) is 4.98 Å². The second kappa shape index (κ2) is 10.3. The van der Waals surface area contributed by atoms with Gasteiger partial charge < -0.3 is 20.9 Å². The molecule has 0 bridgehead atoms. The molecule has 8 nitrogen and oxygen atoms in total. The van der Waals surface area contributed by atoms with Crippen molar-refractivity contribution >= 4 is 28.8 Å². The SMILES string of the molecule is Nc1nc(CCC(=O)N[C@@H]2C[C@H]3CO[C@@H](c4ccccc4)CN3C2)cs1.O=CO. The highest BCUT2D eigenvalue weighted by molar-refractivity contribution is 7.13. The van der Waals surface area contributed by atoms with Crippen LogP contribution in [-0.2, 0) is 20.7 Å². The number of fused-ring (bicyclic) bond motifs is 1. The zero-order valence-electron chi connectivity index (χ0n) is 16.1. The van der Waals surface area contributed by atoms with Crippen LogP contribution in [-0.4, -0.2) is 59.1 Å². The Morgan fingerprint density at radius 3 is 2.83 bits per heavy atom. The summed E-state index contributed by atoms with van der Waals surface area (Å²) in [6, 6.07) is 11.0. The largest absolute Gasteiger partial charge is 0.483 e. The van der Waals surface area contributed by atoms with Crippen LogP contribution in [0.2, 0.25) is 0 Å². The van der Waals surface area contributed by atoms with Crippen LogP contribution in [0, 0.1) is 0 Å². The molecule has 0 spiro atoms.